The summed E-state index contributed by atoms with van der Waals surface area (Å²) < 4.78 is 5.04. The van der Waals surface area contributed by atoms with Gasteiger partial charge in [0.15, 0.2) is 5.78 Å². The Labute approximate surface area is 146 Å². The molecule has 1 heterocycles. The van der Waals surface area contributed by atoms with Crippen molar-refractivity contribution < 1.29 is 19.1 Å². The molecule has 0 radical (unpaired) electrons. The first-order chi connectivity index (χ1) is 11.3. The number of nitrogens with one attached hydrogen (secondary N) is 1. The number of methoxy groups -OCH3 is 1. The Morgan fingerprint density at radius 3 is 2.67 bits per heavy atom. The third kappa shape index (κ3) is 3.53. The topological polar surface area (TPSA) is 75.7 Å². The molecule has 1 atom stereocenters. The molecule has 1 N–H and O–H groups in total. The van der Waals surface area contributed by atoms with Crippen molar-refractivity contribution >= 4 is 29.3 Å². The van der Waals surface area contributed by atoms with Crippen LogP contribution in [0, 0.1) is 0 Å². The first-order valence-corrected chi connectivity index (χ1v) is 8.21. The molecule has 1 aliphatic rings. The van der Waals surface area contributed by atoms with Gasteiger partial charge < -0.3 is 10.1 Å². The van der Waals surface area contributed by atoms with Gasteiger partial charge in [-0.15, -0.1) is 0 Å². The van der Waals surface area contributed by atoms with Gasteiger partial charge in [-0.25, -0.2) is 4.79 Å². The van der Waals surface area contributed by atoms with E-state index in [4.69, 9.17) is 16.3 Å². The van der Waals surface area contributed by atoms with Crippen LogP contribution in [0.4, 0.5) is 4.79 Å². The first kappa shape index (κ1) is 18.3. The number of imide groups is 1. The summed E-state index contributed by atoms with van der Waals surface area (Å²) in [5, 5.41) is 2.99. The smallest absolute Gasteiger partial charge is 0.325 e. The van der Waals surface area contributed by atoms with E-state index >= 15 is 0 Å². The second-order valence-electron chi connectivity index (χ2n) is 6.03. The van der Waals surface area contributed by atoms with Crippen LogP contribution in [0.2, 0.25) is 5.02 Å². The molecule has 1 saturated heterocycles. The number of ketones is 1. The molecule has 0 spiro atoms. The van der Waals surface area contributed by atoms with Crippen LogP contribution >= 0.6 is 11.6 Å². The van der Waals surface area contributed by atoms with Gasteiger partial charge in [-0.2, -0.15) is 0 Å². The van der Waals surface area contributed by atoms with E-state index in [0.717, 1.165) is 17.7 Å². The van der Waals surface area contributed by atoms with Gasteiger partial charge in [0, 0.05) is 5.56 Å². The molecule has 6 nitrogen and oxygen atoms in total. The van der Waals surface area contributed by atoms with E-state index in [0.29, 0.717) is 22.8 Å². The van der Waals surface area contributed by atoms with Crippen molar-refractivity contribution in [1.29, 1.82) is 0 Å². The summed E-state index contributed by atoms with van der Waals surface area (Å²) >= 11 is 6.01. The molecular formula is C17H21ClN2O4. The van der Waals surface area contributed by atoms with Crippen LogP contribution in [0.5, 0.6) is 5.75 Å². The molecule has 0 saturated carbocycles. The van der Waals surface area contributed by atoms with Crippen molar-refractivity contribution in [3.8, 4) is 5.75 Å². The molecule has 24 heavy (non-hydrogen) atoms. The summed E-state index contributed by atoms with van der Waals surface area (Å²) in [6, 6.07) is 4.07. The summed E-state index contributed by atoms with van der Waals surface area (Å²) in [5.41, 5.74) is -0.617. The Hall–Kier alpha value is -2.08. The number of ether oxygens (including phenoxy) is 1. The summed E-state index contributed by atoms with van der Waals surface area (Å²) in [7, 11) is 1.48. The van der Waals surface area contributed by atoms with E-state index in [-0.39, 0.29) is 18.2 Å². The summed E-state index contributed by atoms with van der Waals surface area (Å²) in [4.78, 5) is 38.0. The standard InChI is InChI=1S/C17H21ClN2O4/c1-4-5-8-17(2)15(22)20(16(23)19-17)10-13(21)11-6-7-14(24-3)12(18)9-11/h6-7,9H,4-5,8,10H2,1-3H3,(H,19,23)/t17-/m1/s1. The quantitative estimate of drug-likeness (QED) is 0.604. The third-order valence-electron chi connectivity index (χ3n) is 4.15. The van der Waals surface area contributed by atoms with Gasteiger partial charge in [-0.1, -0.05) is 31.4 Å². The average molecular weight is 353 g/mol. The number of Topliss-reactive ketones (excluding diaryl/α,β-unsaturated/α-hetero) is 1. The maximum Gasteiger partial charge on any atom is 0.325 e. The number of halogens is 1. The SMILES string of the molecule is CCCC[C@@]1(C)NC(=O)N(CC(=O)c2ccc(OC)c(Cl)c2)C1=O. The fourth-order valence-electron chi connectivity index (χ4n) is 2.67. The molecular weight excluding hydrogens is 332 g/mol. The molecule has 1 aromatic rings. The second kappa shape index (κ2) is 7.21. The van der Waals surface area contributed by atoms with Crippen LogP contribution < -0.4 is 10.1 Å². The van der Waals surface area contributed by atoms with Crippen molar-refractivity contribution in [2.75, 3.05) is 13.7 Å². The monoisotopic (exact) mass is 352 g/mol. The Bertz CT molecular complexity index is 677. The van der Waals surface area contributed by atoms with Crippen molar-refractivity contribution in [2.45, 2.75) is 38.6 Å². The Morgan fingerprint density at radius 1 is 1.38 bits per heavy atom. The van der Waals surface area contributed by atoms with Crippen LogP contribution in [-0.2, 0) is 4.79 Å². The van der Waals surface area contributed by atoms with E-state index in [2.05, 4.69) is 5.32 Å². The van der Waals surface area contributed by atoms with Crippen LogP contribution in [0.25, 0.3) is 0 Å². The Kier molecular flexibility index (Phi) is 5.49. The van der Waals surface area contributed by atoms with E-state index in [9.17, 15) is 14.4 Å². The molecule has 130 valence electrons. The van der Waals surface area contributed by atoms with Gasteiger partial charge in [0.2, 0.25) is 0 Å². The van der Waals surface area contributed by atoms with Crippen molar-refractivity contribution in [3.63, 3.8) is 0 Å². The molecule has 1 fully saturated rings. The predicted molar refractivity (Wildman–Crippen MR) is 90.5 cm³/mol. The lowest BCUT2D eigenvalue weighted by atomic mass is 9.95. The molecule has 0 unspecified atom stereocenters. The number of unbranched alkanes of at least 4 members (excludes halogenated alkanes) is 1. The number of amides is 3. The fourth-order valence-corrected chi connectivity index (χ4v) is 2.92. The number of nitrogens with zero attached hydrogens (tertiary/aromatic N) is 1. The highest BCUT2D eigenvalue weighted by atomic mass is 35.5. The molecule has 0 aromatic heterocycles. The highest BCUT2D eigenvalue weighted by Crippen LogP contribution is 2.26. The Balaban J connectivity index is 2.12. The molecule has 0 aliphatic carbocycles. The normalized spacial score (nSPS) is 20.2. The van der Waals surface area contributed by atoms with E-state index in [1.807, 2.05) is 6.92 Å². The fraction of sp³-hybridized carbons (Fsp3) is 0.471. The summed E-state index contributed by atoms with van der Waals surface area (Å²) in [6.07, 6.45) is 2.29. The number of benzene rings is 1. The minimum atomic E-state index is -0.940. The zero-order chi connectivity index (χ0) is 17.9. The van der Waals surface area contributed by atoms with Gasteiger partial charge in [-0.05, 0) is 31.5 Å². The zero-order valence-electron chi connectivity index (χ0n) is 14.0. The lowest BCUT2D eigenvalue weighted by Crippen LogP contribution is -2.44. The molecule has 2 rings (SSSR count). The number of carbonyl (C=O) groups is 3. The van der Waals surface area contributed by atoms with Crippen LogP contribution in [-0.4, -0.2) is 41.8 Å². The van der Waals surface area contributed by atoms with Gasteiger partial charge >= 0.3 is 6.03 Å². The number of urea groups is 1. The molecule has 1 aromatic carbocycles. The lowest BCUT2D eigenvalue weighted by molar-refractivity contribution is -0.130. The van der Waals surface area contributed by atoms with Crippen molar-refractivity contribution in [3.05, 3.63) is 28.8 Å². The van der Waals surface area contributed by atoms with Gasteiger partial charge in [-0.3, -0.25) is 14.5 Å². The second-order valence-corrected chi connectivity index (χ2v) is 6.44. The molecule has 0 bridgehead atoms. The zero-order valence-corrected chi connectivity index (χ0v) is 14.8. The largest absolute Gasteiger partial charge is 0.495 e. The minimum absolute atomic E-state index is 0.299. The third-order valence-corrected chi connectivity index (χ3v) is 4.45. The highest BCUT2D eigenvalue weighted by molar-refractivity contribution is 6.32. The van der Waals surface area contributed by atoms with Crippen LogP contribution in [0.1, 0.15) is 43.5 Å². The molecule has 1 aliphatic heterocycles. The number of hydrogen-bond acceptors (Lipinski definition) is 4. The van der Waals surface area contributed by atoms with Gasteiger partial charge in [0.05, 0.1) is 18.7 Å². The molecule has 7 heteroatoms. The van der Waals surface area contributed by atoms with Gasteiger partial charge in [0.25, 0.3) is 5.91 Å². The van der Waals surface area contributed by atoms with Crippen molar-refractivity contribution in [2.24, 2.45) is 0 Å². The van der Waals surface area contributed by atoms with Crippen molar-refractivity contribution in [1.82, 2.24) is 10.2 Å². The Morgan fingerprint density at radius 2 is 2.08 bits per heavy atom. The van der Waals surface area contributed by atoms with E-state index in [1.165, 1.54) is 13.2 Å². The van der Waals surface area contributed by atoms with Crippen LogP contribution in [0.3, 0.4) is 0 Å². The maximum atomic E-state index is 12.5. The first-order valence-electron chi connectivity index (χ1n) is 7.83. The maximum absolute atomic E-state index is 12.5. The lowest BCUT2D eigenvalue weighted by Gasteiger charge is -2.21. The summed E-state index contributed by atoms with van der Waals surface area (Å²) in [5.74, 6) is -0.271. The van der Waals surface area contributed by atoms with Gasteiger partial charge in [0.1, 0.15) is 11.3 Å². The predicted octanol–water partition coefficient (Wildman–Crippen LogP) is 3.03. The van der Waals surface area contributed by atoms with E-state index in [1.54, 1.807) is 19.1 Å². The summed E-state index contributed by atoms with van der Waals surface area (Å²) in [6.45, 7) is 3.39. The average Bonchev–Trinajstić information content (AvgIpc) is 2.76. The minimum Gasteiger partial charge on any atom is -0.495 e. The number of rotatable bonds is 7. The molecule has 3 amide bonds. The highest BCUT2D eigenvalue weighted by Gasteiger charge is 2.47. The number of hydrogen-bond donors (Lipinski definition) is 1. The number of carbonyl (C=O) groups excluding carboxylic acids is 3. The van der Waals surface area contributed by atoms with E-state index < -0.39 is 11.6 Å². The van der Waals surface area contributed by atoms with Crippen LogP contribution in [0.15, 0.2) is 18.2 Å².